The third-order valence-corrected chi connectivity index (χ3v) is 3.88. The van der Waals surface area contributed by atoms with Crippen molar-refractivity contribution in [2.24, 2.45) is 0 Å². The minimum absolute atomic E-state index is 0.312. The molecule has 3 rings (SSSR count). The lowest BCUT2D eigenvalue weighted by atomic mass is 10.1. The van der Waals surface area contributed by atoms with Crippen molar-refractivity contribution in [2.45, 2.75) is 13.5 Å². The first kappa shape index (κ1) is 19.0. The van der Waals surface area contributed by atoms with E-state index in [1.807, 2.05) is 31.2 Å². The Kier molecular flexibility index (Phi) is 5.64. The molecule has 1 amide bonds. The molecule has 0 spiro atoms. The summed E-state index contributed by atoms with van der Waals surface area (Å²) >= 11 is 0. The molecule has 3 aromatic rings. The average molecular weight is 384 g/mol. The molecule has 0 aliphatic carbocycles. The fourth-order valence-corrected chi connectivity index (χ4v) is 2.62. The zero-order chi connectivity index (χ0) is 20.1. The number of nitro groups is 1. The van der Waals surface area contributed by atoms with E-state index in [0.29, 0.717) is 12.4 Å². The molecule has 9 heteroatoms. The highest BCUT2D eigenvalue weighted by atomic mass is 19.1. The molecule has 1 heterocycles. The van der Waals surface area contributed by atoms with Crippen LogP contribution in [0.4, 0.5) is 15.9 Å². The first-order chi connectivity index (χ1) is 13.4. The van der Waals surface area contributed by atoms with Crippen LogP contribution in [0.5, 0.6) is 5.75 Å². The van der Waals surface area contributed by atoms with Gasteiger partial charge in [-0.05, 0) is 18.6 Å². The van der Waals surface area contributed by atoms with Gasteiger partial charge in [-0.2, -0.15) is 5.10 Å². The molecular formula is C19H17FN4O4. The van der Waals surface area contributed by atoms with Gasteiger partial charge in [0, 0.05) is 18.2 Å². The number of rotatable bonds is 7. The largest absolute Gasteiger partial charge is 0.477 e. The number of aryl methyl sites for hydroxylation is 1. The monoisotopic (exact) mass is 384 g/mol. The van der Waals surface area contributed by atoms with Crippen LogP contribution >= 0.6 is 0 Å². The normalized spacial score (nSPS) is 10.5. The lowest BCUT2D eigenvalue weighted by Gasteiger charge is -2.10. The van der Waals surface area contributed by atoms with E-state index in [1.54, 1.807) is 16.9 Å². The predicted octanol–water partition coefficient (Wildman–Crippen LogP) is 3.30. The Labute approximate surface area is 159 Å². The Morgan fingerprint density at radius 1 is 1.29 bits per heavy atom. The molecule has 144 valence electrons. The van der Waals surface area contributed by atoms with Crippen LogP contribution in [0.25, 0.3) is 0 Å². The SMILES string of the molecule is Cc1cccc(Cn2nccc2NC(=O)COc2cc(F)ccc2[N+](=O)[O-])c1. The summed E-state index contributed by atoms with van der Waals surface area (Å²) in [6.07, 6.45) is 1.55. The number of benzene rings is 2. The molecule has 0 saturated carbocycles. The van der Waals surface area contributed by atoms with Gasteiger partial charge in [-0.1, -0.05) is 29.8 Å². The van der Waals surface area contributed by atoms with Crippen molar-refractivity contribution in [1.82, 2.24) is 9.78 Å². The summed E-state index contributed by atoms with van der Waals surface area (Å²) in [6.45, 7) is 1.93. The lowest BCUT2D eigenvalue weighted by Crippen LogP contribution is -2.22. The van der Waals surface area contributed by atoms with Gasteiger partial charge in [-0.3, -0.25) is 14.9 Å². The summed E-state index contributed by atoms with van der Waals surface area (Å²) in [5.41, 5.74) is 1.71. The number of carbonyl (C=O) groups excluding carboxylic acids is 1. The van der Waals surface area contributed by atoms with Gasteiger partial charge in [-0.15, -0.1) is 0 Å². The zero-order valence-electron chi connectivity index (χ0n) is 15.0. The summed E-state index contributed by atoms with van der Waals surface area (Å²) < 4.78 is 20.1. The molecule has 8 nitrogen and oxygen atoms in total. The maximum absolute atomic E-state index is 13.3. The van der Waals surface area contributed by atoms with Crippen molar-refractivity contribution < 1.29 is 18.8 Å². The fourth-order valence-electron chi connectivity index (χ4n) is 2.62. The van der Waals surface area contributed by atoms with Crippen LogP contribution in [-0.4, -0.2) is 27.2 Å². The molecule has 0 unspecified atom stereocenters. The molecule has 1 aromatic heterocycles. The minimum Gasteiger partial charge on any atom is -0.477 e. The number of nitrogens with one attached hydrogen (secondary N) is 1. The highest BCUT2D eigenvalue weighted by Crippen LogP contribution is 2.27. The smallest absolute Gasteiger partial charge is 0.311 e. The van der Waals surface area contributed by atoms with Gasteiger partial charge in [0.05, 0.1) is 17.7 Å². The minimum atomic E-state index is -0.705. The predicted molar refractivity (Wildman–Crippen MR) is 99.7 cm³/mol. The van der Waals surface area contributed by atoms with Gasteiger partial charge in [0.15, 0.2) is 6.61 Å². The second-order valence-electron chi connectivity index (χ2n) is 6.07. The van der Waals surface area contributed by atoms with E-state index in [2.05, 4.69) is 10.4 Å². The molecule has 0 aliphatic heterocycles. The van der Waals surface area contributed by atoms with Crippen molar-refractivity contribution in [3.63, 3.8) is 0 Å². The number of aromatic nitrogens is 2. The van der Waals surface area contributed by atoms with Crippen molar-refractivity contribution in [2.75, 3.05) is 11.9 Å². The molecule has 0 atom stereocenters. The van der Waals surface area contributed by atoms with E-state index in [9.17, 15) is 19.3 Å². The third kappa shape index (κ3) is 4.70. The number of carbonyl (C=O) groups is 1. The van der Waals surface area contributed by atoms with Gasteiger partial charge in [-0.25, -0.2) is 9.07 Å². The standard InChI is InChI=1S/C19H17FN4O4/c1-13-3-2-4-14(9-13)11-23-18(7-8-21-23)22-19(25)12-28-17-10-15(20)5-6-16(17)24(26)27/h2-10H,11-12H2,1H3,(H,22,25). The third-order valence-electron chi connectivity index (χ3n) is 3.88. The first-order valence-electron chi connectivity index (χ1n) is 8.36. The Balaban J connectivity index is 1.64. The maximum Gasteiger partial charge on any atom is 0.311 e. The van der Waals surface area contributed by atoms with E-state index in [1.165, 1.54) is 0 Å². The summed E-state index contributed by atoms with van der Waals surface area (Å²) in [5, 5.41) is 17.8. The van der Waals surface area contributed by atoms with Gasteiger partial charge in [0.25, 0.3) is 5.91 Å². The van der Waals surface area contributed by atoms with E-state index < -0.39 is 28.9 Å². The number of anilines is 1. The van der Waals surface area contributed by atoms with Gasteiger partial charge >= 0.3 is 5.69 Å². The second kappa shape index (κ2) is 8.30. The topological polar surface area (TPSA) is 99.3 Å². The van der Waals surface area contributed by atoms with Crippen LogP contribution in [0.2, 0.25) is 0 Å². The Hall–Kier alpha value is -3.75. The van der Waals surface area contributed by atoms with E-state index >= 15 is 0 Å². The Bertz CT molecular complexity index is 1020. The molecule has 0 aliphatic rings. The van der Waals surface area contributed by atoms with E-state index in [-0.39, 0.29) is 5.75 Å². The highest BCUT2D eigenvalue weighted by molar-refractivity contribution is 5.91. The van der Waals surface area contributed by atoms with Crippen LogP contribution in [0.15, 0.2) is 54.7 Å². The average Bonchev–Trinajstić information content (AvgIpc) is 3.06. The molecule has 28 heavy (non-hydrogen) atoms. The molecule has 2 aromatic carbocycles. The summed E-state index contributed by atoms with van der Waals surface area (Å²) in [6, 6.07) is 12.3. The zero-order valence-corrected chi connectivity index (χ0v) is 15.0. The number of nitro benzene ring substituents is 1. The van der Waals surface area contributed by atoms with Crippen molar-refractivity contribution in [1.29, 1.82) is 0 Å². The van der Waals surface area contributed by atoms with Crippen molar-refractivity contribution >= 4 is 17.4 Å². The van der Waals surface area contributed by atoms with Crippen LogP contribution in [0, 0.1) is 22.9 Å². The molecule has 1 N–H and O–H groups in total. The number of amides is 1. The molecule has 0 radical (unpaired) electrons. The van der Waals surface area contributed by atoms with Crippen LogP contribution < -0.4 is 10.1 Å². The van der Waals surface area contributed by atoms with Crippen LogP contribution in [0.3, 0.4) is 0 Å². The van der Waals surface area contributed by atoms with Crippen LogP contribution in [-0.2, 0) is 11.3 Å². The molecule has 0 fully saturated rings. The molecule has 0 bridgehead atoms. The Morgan fingerprint density at radius 2 is 2.11 bits per heavy atom. The van der Waals surface area contributed by atoms with Gasteiger partial charge < -0.3 is 10.1 Å². The summed E-state index contributed by atoms with van der Waals surface area (Å²) in [7, 11) is 0. The first-order valence-corrected chi connectivity index (χ1v) is 8.36. The molecular weight excluding hydrogens is 367 g/mol. The fraction of sp³-hybridized carbons (Fsp3) is 0.158. The van der Waals surface area contributed by atoms with Crippen molar-refractivity contribution in [3.05, 3.63) is 81.8 Å². The van der Waals surface area contributed by atoms with Gasteiger partial charge in [0.2, 0.25) is 5.75 Å². The van der Waals surface area contributed by atoms with E-state index in [0.717, 1.165) is 29.3 Å². The van der Waals surface area contributed by atoms with Crippen LogP contribution in [0.1, 0.15) is 11.1 Å². The highest BCUT2D eigenvalue weighted by Gasteiger charge is 2.17. The number of hydrogen-bond donors (Lipinski definition) is 1. The lowest BCUT2D eigenvalue weighted by molar-refractivity contribution is -0.385. The Morgan fingerprint density at radius 3 is 2.86 bits per heavy atom. The number of ether oxygens (including phenoxy) is 1. The second-order valence-corrected chi connectivity index (χ2v) is 6.07. The van der Waals surface area contributed by atoms with Crippen molar-refractivity contribution in [3.8, 4) is 5.75 Å². The number of hydrogen-bond acceptors (Lipinski definition) is 5. The summed E-state index contributed by atoms with van der Waals surface area (Å²) in [5.74, 6) is -1.11. The van der Waals surface area contributed by atoms with E-state index in [4.69, 9.17) is 4.74 Å². The molecule has 0 saturated heterocycles. The summed E-state index contributed by atoms with van der Waals surface area (Å²) in [4.78, 5) is 22.4. The number of nitrogens with zero attached hydrogens (tertiary/aromatic N) is 3. The number of halogens is 1. The maximum atomic E-state index is 13.3. The van der Waals surface area contributed by atoms with Gasteiger partial charge in [0.1, 0.15) is 11.6 Å². The quantitative estimate of drug-likeness (QED) is 0.498.